The third kappa shape index (κ3) is 4.38. The van der Waals surface area contributed by atoms with Crippen LogP contribution in [0.15, 0.2) is 223 Å². The zero-order valence-electron chi connectivity index (χ0n) is 34.7. The van der Waals surface area contributed by atoms with E-state index in [0.29, 0.717) is 0 Å². The fourth-order valence-electron chi connectivity index (χ4n) is 12.2. The van der Waals surface area contributed by atoms with Crippen LogP contribution < -0.4 is 0 Å². The highest BCUT2D eigenvalue weighted by Gasteiger charge is 2.52. The van der Waals surface area contributed by atoms with Gasteiger partial charge < -0.3 is 4.42 Å². The van der Waals surface area contributed by atoms with Gasteiger partial charge in [0, 0.05) is 10.8 Å². The Labute approximate surface area is 369 Å². The van der Waals surface area contributed by atoms with E-state index in [-0.39, 0.29) is 0 Å². The molecule has 1 heteroatoms. The van der Waals surface area contributed by atoms with E-state index in [0.717, 1.165) is 21.9 Å². The van der Waals surface area contributed by atoms with Crippen molar-refractivity contribution in [2.75, 3.05) is 0 Å². The van der Waals surface area contributed by atoms with Crippen molar-refractivity contribution in [3.8, 4) is 44.5 Å². The van der Waals surface area contributed by atoms with Gasteiger partial charge in [-0.25, -0.2) is 0 Å². The monoisotopic (exact) mass is 808 g/mol. The molecule has 0 saturated heterocycles. The van der Waals surface area contributed by atoms with Crippen LogP contribution in [-0.4, -0.2) is 0 Å². The molecule has 13 aromatic rings. The van der Waals surface area contributed by atoms with E-state index in [1.807, 2.05) is 0 Å². The number of furan rings is 1. The second-order valence-electron chi connectivity index (χ2n) is 17.9. The van der Waals surface area contributed by atoms with Gasteiger partial charge in [-0.2, -0.15) is 0 Å². The zero-order chi connectivity index (χ0) is 41.7. The average Bonchev–Trinajstić information content (AvgIpc) is 3.96. The summed E-state index contributed by atoms with van der Waals surface area (Å²) in [5.74, 6) is 0. The van der Waals surface area contributed by atoms with Gasteiger partial charge >= 0.3 is 0 Å². The lowest BCUT2D eigenvalue weighted by Gasteiger charge is -2.31. The van der Waals surface area contributed by atoms with Gasteiger partial charge in [0.1, 0.15) is 11.2 Å². The summed E-state index contributed by atoms with van der Waals surface area (Å²) in [5.41, 5.74) is 17.1. The standard InChI is InChI=1S/C63H36O/c1-3-15-39-35-57-52(32-37(39)13-1)51-29-25-41-31-42(26-28-44(41)62(51)63(57)55-23-11-9-17-45(55)46-18-10-12-24-56(46)63)60-47-19-5-7-21-49(47)61(50-22-8-6-20-48(50)60)43-27-30-58-53(34-43)54-33-38-14-2-4-16-40(38)36-59(54)64-58/h1-36H. The molecule has 1 heterocycles. The Balaban J connectivity index is 0.977. The lowest BCUT2D eigenvalue weighted by molar-refractivity contribution is 0.669. The van der Waals surface area contributed by atoms with Crippen molar-refractivity contribution >= 4 is 75.8 Å². The van der Waals surface area contributed by atoms with E-state index >= 15 is 0 Å². The maximum absolute atomic E-state index is 6.47. The van der Waals surface area contributed by atoms with Crippen molar-refractivity contribution < 1.29 is 4.42 Å². The SMILES string of the molecule is c1ccc2c(c1)-c1ccccc1C21c2cc3ccccc3cc2-c2ccc3cc(-c4c5ccccc5c(-c5ccc6oc7cc8ccccc8cc7c6c5)c5ccccc45)ccc3c21. The normalized spacial score (nSPS) is 13.4. The van der Waals surface area contributed by atoms with E-state index in [9.17, 15) is 0 Å². The highest BCUT2D eigenvalue weighted by atomic mass is 16.3. The molecule has 64 heavy (non-hydrogen) atoms. The van der Waals surface area contributed by atoms with Crippen LogP contribution in [-0.2, 0) is 5.41 Å². The predicted molar refractivity (Wildman–Crippen MR) is 268 cm³/mol. The molecule has 0 saturated carbocycles. The average molecular weight is 809 g/mol. The first-order valence-corrected chi connectivity index (χ1v) is 22.3. The summed E-state index contributed by atoms with van der Waals surface area (Å²) in [4.78, 5) is 0. The van der Waals surface area contributed by atoms with Gasteiger partial charge in [0.15, 0.2) is 0 Å². The molecule has 1 spiro atoms. The van der Waals surface area contributed by atoms with Gasteiger partial charge in [-0.05, 0) is 163 Å². The van der Waals surface area contributed by atoms with Crippen molar-refractivity contribution in [3.05, 3.63) is 241 Å². The number of rotatable bonds is 2. The van der Waals surface area contributed by atoms with E-state index in [1.165, 1.54) is 121 Å². The summed E-state index contributed by atoms with van der Waals surface area (Å²) in [6.45, 7) is 0. The van der Waals surface area contributed by atoms with Gasteiger partial charge in [0.05, 0.1) is 5.41 Å². The molecule has 0 amide bonds. The summed E-state index contributed by atoms with van der Waals surface area (Å²) >= 11 is 0. The topological polar surface area (TPSA) is 13.1 Å². The van der Waals surface area contributed by atoms with E-state index in [4.69, 9.17) is 4.42 Å². The number of benzene rings is 12. The first kappa shape index (κ1) is 34.3. The lowest BCUT2D eigenvalue weighted by Crippen LogP contribution is -2.26. The third-order valence-electron chi connectivity index (χ3n) is 14.8. The van der Waals surface area contributed by atoms with Crippen molar-refractivity contribution in [1.29, 1.82) is 0 Å². The Kier molecular flexibility index (Phi) is 6.67. The molecular weight excluding hydrogens is 773 g/mol. The summed E-state index contributed by atoms with van der Waals surface area (Å²) < 4.78 is 6.47. The Bertz CT molecular complexity index is 4100. The smallest absolute Gasteiger partial charge is 0.136 e. The molecule has 294 valence electrons. The van der Waals surface area contributed by atoms with E-state index < -0.39 is 5.41 Å². The van der Waals surface area contributed by atoms with Crippen LogP contribution in [0.1, 0.15) is 22.3 Å². The molecule has 15 rings (SSSR count). The van der Waals surface area contributed by atoms with Crippen molar-refractivity contribution in [3.63, 3.8) is 0 Å². The van der Waals surface area contributed by atoms with Gasteiger partial charge in [0.25, 0.3) is 0 Å². The number of fused-ring (bicyclic) bond motifs is 19. The van der Waals surface area contributed by atoms with Gasteiger partial charge in [-0.3, -0.25) is 0 Å². The van der Waals surface area contributed by atoms with Crippen LogP contribution in [0.2, 0.25) is 0 Å². The van der Waals surface area contributed by atoms with Crippen LogP contribution >= 0.6 is 0 Å². The largest absolute Gasteiger partial charge is 0.456 e. The first-order valence-electron chi connectivity index (χ1n) is 22.3. The van der Waals surface area contributed by atoms with Gasteiger partial charge in [-0.15, -0.1) is 0 Å². The highest BCUT2D eigenvalue weighted by molar-refractivity contribution is 6.23. The molecule has 12 aromatic carbocycles. The maximum atomic E-state index is 6.47. The quantitative estimate of drug-likeness (QED) is 0.159. The summed E-state index contributed by atoms with van der Waals surface area (Å²) in [5, 5.41) is 14.7. The molecule has 0 N–H and O–H groups in total. The summed E-state index contributed by atoms with van der Waals surface area (Å²) in [7, 11) is 0. The van der Waals surface area contributed by atoms with Crippen molar-refractivity contribution in [1.82, 2.24) is 0 Å². The molecule has 0 radical (unpaired) electrons. The van der Waals surface area contributed by atoms with Crippen LogP contribution in [0.25, 0.3) is 120 Å². The van der Waals surface area contributed by atoms with Gasteiger partial charge in [-0.1, -0.05) is 176 Å². The lowest BCUT2D eigenvalue weighted by atomic mass is 9.69. The Morgan fingerprint density at radius 3 is 1.44 bits per heavy atom. The maximum Gasteiger partial charge on any atom is 0.136 e. The molecule has 0 fully saturated rings. The number of hydrogen-bond acceptors (Lipinski definition) is 1. The Morgan fingerprint density at radius 2 is 0.781 bits per heavy atom. The number of hydrogen-bond donors (Lipinski definition) is 0. The van der Waals surface area contributed by atoms with E-state index in [2.05, 4.69) is 218 Å². The molecule has 1 aromatic heterocycles. The van der Waals surface area contributed by atoms with Crippen LogP contribution in [0.3, 0.4) is 0 Å². The molecule has 2 aliphatic rings. The van der Waals surface area contributed by atoms with Crippen molar-refractivity contribution in [2.45, 2.75) is 5.41 Å². The molecule has 0 bridgehead atoms. The second kappa shape index (κ2) is 12.4. The second-order valence-corrected chi connectivity index (χ2v) is 17.9. The minimum absolute atomic E-state index is 0.446. The highest BCUT2D eigenvalue weighted by Crippen LogP contribution is 2.64. The molecular formula is C63H36O. The van der Waals surface area contributed by atoms with E-state index in [1.54, 1.807) is 0 Å². The summed E-state index contributed by atoms with van der Waals surface area (Å²) in [6, 6.07) is 81.8. The Hall–Kier alpha value is -8.26. The molecule has 2 aliphatic carbocycles. The molecule has 0 aliphatic heterocycles. The molecule has 0 unspecified atom stereocenters. The fraction of sp³-hybridized carbons (Fsp3) is 0.0159. The molecule has 1 nitrogen and oxygen atoms in total. The Morgan fingerprint density at radius 1 is 0.266 bits per heavy atom. The van der Waals surface area contributed by atoms with Crippen LogP contribution in [0, 0.1) is 0 Å². The fourth-order valence-corrected chi connectivity index (χ4v) is 12.2. The van der Waals surface area contributed by atoms with Crippen LogP contribution in [0.4, 0.5) is 0 Å². The van der Waals surface area contributed by atoms with Gasteiger partial charge in [0.2, 0.25) is 0 Å². The first-order chi connectivity index (χ1) is 31.7. The zero-order valence-corrected chi connectivity index (χ0v) is 34.7. The molecule has 0 atom stereocenters. The predicted octanol–water partition coefficient (Wildman–Crippen LogP) is 17.0. The third-order valence-corrected chi connectivity index (χ3v) is 14.8. The minimum atomic E-state index is -0.446. The minimum Gasteiger partial charge on any atom is -0.456 e. The summed E-state index contributed by atoms with van der Waals surface area (Å²) in [6.07, 6.45) is 0. The van der Waals surface area contributed by atoms with Crippen molar-refractivity contribution in [2.24, 2.45) is 0 Å². The van der Waals surface area contributed by atoms with Crippen LogP contribution in [0.5, 0.6) is 0 Å².